The summed E-state index contributed by atoms with van der Waals surface area (Å²) in [5.41, 5.74) is 1.21. The molecule has 0 heterocycles. The molecule has 0 radical (unpaired) electrons. The maximum atomic E-state index is 12.7. The van der Waals surface area contributed by atoms with Gasteiger partial charge in [-0.3, -0.25) is 0 Å². The Balaban J connectivity index is 1.98. The first-order valence-electron chi connectivity index (χ1n) is 12.6. The van der Waals surface area contributed by atoms with Crippen LogP contribution >= 0.6 is 0 Å². The van der Waals surface area contributed by atoms with E-state index in [1.165, 1.54) is 37.7 Å². The molecule has 1 aromatic rings. The fourth-order valence-corrected chi connectivity index (χ4v) is 5.34. The molecule has 2 rings (SSSR count). The van der Waals surface area contributed by atoms with Crippen molar-refractivity contribution in [3.05, 3.63) is 29.8 Å². The van der Waals surface area contributed by atoms with Crippen LogP contribution in [0.5, 0.6) is 5.75 Å². The summed E-state index contributed by atoms with van der Waals surface area (Å²) < 4.78 is 11.9. The molecule has 176 valence electrons. The van der Waals surface area contributed by atoms with Gasteiger partial charge in [0.1, 0.15) is 11.4 Å². The Kier molecular flexibility index (Phi) is 9.45. The quantitative estimate of drug-likeness (QED) is 0.354. The van der Waals surface area contributed by atoms with E-state index in [4.69, 9.17) is 9.47 Å². The first-order chi connectivity index (χ1) is 14.6. The van der Waals surface area contributed by atoms with E-state index in [1.54, 1.807) is 0 Å². The van der Waals surface area contributed by atoms with Crippen LogP contribution in [0.3, 0.4) is 0 Å². The van der Waals surface area contributed by atoms with E-state index in [2.05, 4.69) is 60.6 Å². The van der Waals surface area contributed by atoms with Crippen molar-refractivity contribution in [1.29, 1.82) is 0 Å². The molecule has 31 heavy (non-hydrogen) atoms. The molecule has 0 N–H and O–H groups in total. The van der Waals surface area contributed by atoms with E-state index in [1.807, 2.05) is 12.1 Å². The lowest BCUT2D eigenvalue weighted by Crippen LogP contribution is -2.43. The number of carbonyl (C=O) groups excluding carboxylic acids is 1. The summed E-state index contributed by atoms with van der Waals surface area (Å²) >= 11 is 0. The summed E-state index contributed by atoms with van der Waals surface area (Å²) in [5, 5.41) is 0. The van der Waals surface area contributed by atoms with Crippen molar-refractivity contribution in [1.82, 2.24) is 0 Å². The van der Waals surface area contributed by atoms with Crippen LogP contribution in [0.2, 0.25) is 0 Å². The molecule has 3 nitrogen and oxygen atoms in total. The van der Waals surface area contributed by atoms with Gasteiger partial charge in [-0.1, -0.05) is 79.9 Å². The number of carbonyl (C=O) groups is 1. The van der Waals surface area contributed by atoms with E-state index < -0.39 is 0 Å². The zero-order valence-electron chi connectivity index (χ0n) is 21.1. The largest absolute Gasteiger partial charge is 0.482 e. The zero-order chi connectivity index (χ0) is 23.1. The van der Waals surface area contributed by atoms with Crippen LogP contribution in [-0.4, -0.2) is 18.2 Å². The van der Waals surface area contributed by atoms with Crippen molar-refractivity contribution in [2.24, 2.45) is 17.3 Å². The number of ether oxygens (including phenoxy) is 2. The highest BCUT2D eigenvalue weighted by Crippen LogP contribution is 2.41. The Morgan fingerprint density at radius 2 is 1.58 bits per heavy atom. The molecule has 1 aromatic carbocycles. The maximum absolute atomic E-state index is 12.7. The minimum atomic E-state index is -0.332. The number of hydrogen-bond acceptors (Lipinski definition) is 3. The normalized spacial score (nSPS) is 16.9. The van der Waals surface area contributed by atoms with Crippen LogP contribution in [-0.2, 0) is 9.53 Å². The van der Waals surface area contributed by atoms with Gasteiger partial charge in [-0.25, -0.2) is 4.79 Å². The third-order valence-corrected chi connectivity index (χ3v) is 7.25. The molecule has 0 aliphatic heterocycles. The average Bonchev–Trinajstić information content (AvgIpc) is 2.74. The highest BCUT2D eigenvalue weighted by molar-refractivity contribution is 5.71. The Bertz CT molecular complexity index is 658. The van der Waals surface area contributed by atoms with Gasteiger partial charge in [-0.15, -0.1) is 0 Å². The molecule has 0 bridgehead atoms. The molecule has 0 spiro atoms. The maximum Gasteiger partial charge on any atom is 0.344 e. The highest BCUT2D eigenvalue weighted by atomic mass is 16.6. The first-order valence-corrected chi connectivity index (χ1v) is 12.6. The van der Waals surface area contributed by atoms with Gasteiger partial charge in [-0.05, 0) is 73.0 Å². The molecule has 1 atom stereocenters. The van der Waals surface area contributed by atoms with E-state index in [9.17, 15) is 4.79 Å². The van der Waals surface area contributed by atoms with Gasteiger partial charge in [0, 0.05) is 0 Å². The smallest absolute Gasteiger partial charge is 0.344 e. The van der Waals surface area contributed by atoms with E-state index in [0.717, 1.165) is 25.0 Å². The molecule has 0 amide bonds. The van der Waals surface area contributed by atoms with Gasteiger partial charge in [0.15, 0.2) is 6.61 Å². The van der Waals surface area contributed by atoms with E-state index >= 15 is 0 Å². The van der Waals surface area contributed by atoms with Crippen LogP contribution < -0.4 is 4.74 Å². The monoisotopic (exact) mass is 430 g/mol. The molecule has 1 saturated carbocycles. The van der Waals surface area contributed by atoms with Crippen LogP contribution in [0.4, 0.5) is 0 Å². The first kappa shape index (κ1) is 25.7. The van der Waals surface area contributed by atoms with Crippen molar-refractivity contribution < 1.29 is 14.3 Å². The molecule has 0 aromatic heterocycles. The molecular formula is C28H46O3. The fraction of sp³-hybridized carbons (Fsp3) is 0.750. The van der Waals surface area contributed by atoms with Gasteiger partial charge in [0.25, 0.3) is 0 Å². The number of esters is 1. The topological polar surface area (TPSA) is 35.5 Å². The van der Waals surface area contributed by atoms with Gasteiger partial charge in [0.2, 0.25) is 0 Å². The second-order valence-corrected chi connectivity index (χ2v) is 11.0. The van der Waals surface area contributed by atoms with Crippen molar-refractivity contribution in [3.63, 3.8) is 0 Å². The molecule has 1 unspecified atom stereocenters. The van der Waals surface area contributed by atoms with Crippen LogP contribution in [0.1, 0.15) is 111 Å². The van der Waals surface area contributed by atoms with Gasteiger partial charge < -0.3 is 9.47 Å². The lowest BCUT2D eigenvalue weighted by atomic mass is 9.72. The van der Waals surface area contributed by atoms with Crippen LogP contribution in [0.25, 0.3) is 0 Å². The second-order valence-electron chi connectivity index (χ2n) is 11.0. The molecular weight excluding hydrogens is 384 g/mol. The molecule has 3 heteroatoms. The minimum Gasteiger partial charge on any atom is -0.482 e. The Morgan fingerprint density at radius 1 is 1.00 bits per heavy atom. The standard InChI is InChI=1S/C28H46O3/c1-8-28(9-2,23-13-11-10-12-14-23)31-26(29)20-30-24-17-15-22(16-18-24)25(19-21(3)4)27(5,6)7/h15-18,21,23,25H,8-14,19-20H2,1-7H3. The zero-order valence-corrected chi connectivity index (χ0v) is 21.1. The van der Waals surface area contributed by atoms with E-state index in [-0.39, 0.29) is 23.6 Å². The van der Waals surface area contributed by atoms with Crippen molar-refractivity contribution in [2.45, 2.75) is 111 Å². The Morgan fingerprint density at radius 3 is 2.06 bits per heavy atom. The average molecular weight is 431 g/mol. The summed E-state index contributed by atoms with van der Waals surface area (Å²) in [4.78, 5) is 12.7. The predicted molar refractivity (Wildman–Crippen MR) is 130 cm³/mol. The Labute approximate surface area is 191 Å². The second kappa shape index (κ2) is 11.4. The number of benzene rings is 1. The van der Waals surface area contributed by atoms with Crippen molar-refractivity contribution in [2.75, 3.05) is 6.61 Å². The summed E-state index contributed by atoms with van der Waals surface area (Å²) in [6.45, 7) is 15.7. The highest BCUT2D eigenvalue weighted by Gasteiger charge is 2.39. The summed E-state index contributed by atoms with van der Waals surface area (Å²) in [7, 11) is 0. The summed E-state index contributed by atoms with van der Waals surface area (Å²) in [5.74, 6) is 2.11. The molecule has 1 fully saturated rings. The molecule has 0 saturated heterocycles. The van der Waals surface area contributed by atoms with Crippen LogP contribution in [0, 0.1) is 17.3 Å². The fourth-order valence-electron chi connectivity index (χ4n) is 5.34. The van der Waals surface area contributed by atoms with Crippen LogP contribution in [0.15, 0.2) is 24.3 Å². The summed E-state index contributed by atoms with van der Waals surface area (Å²) in [6, 6.07) is 8.30. The number of hydrogen-bond donors (Lipinski definition) is 0. The Hall–Kier alpha value is -1.51. The predicted octanol–water partition coefficient (Wildman–Crippen LogP) is 7.92. The van der Waals surface area contributed by atoms with Gasteiger partial charge in [0.05, 0.1) is 0 Å². The lowest BCUT2D eigenvalue weighted by Gasteiger charge is -2.41. The molecule has 1 aliphatic rings. The number of rotatable bonds is 10. The lowest BCUT2D eigenvalue weighted by molar-refractivity contribution is -0.172. The van der Waals surface area contributed by atoms with Gasteiger partial charge >= 0.3 is 5.97 Å². The summed E-state index contributed by atoms with van der Waals surface area (Å²) in [6.07, 6.45) is 9.05. The van der Waals surface area contributed by atoms with Gasteiger partial charge in [-0.2, -0.15) is 0 Å². The third kappa shape index (κ3) is 7.26. The van der Waals surface area contributed by atoms with Crippen molar-refractivity contribution >= 4 is 5.97 Å². The SMILES string of the molecule is CCC(CC)(OC(=O)COc1ccc(C(CC(C)C)C(C)(C)C)cc1)C1CCCCC1. The third-order valence-electron chi connectivity index (χ3n) is 7.25. The van der Waals surface area contributed by atoms with E-state index in [0.29, 0.717) is 17.8 Å². The minimum absolute atomic E-state index is 0.0253. The molecule has 1 aliphatic carbocycles. The van der Waals surface area contributed by atoms with Crippen molar-refractivity contribution in [3.8, 4) is 5.75 Å².